The number of fused-ring (bicyclic) bond motifs is 1. The molecular formula is C17H24N2O2. The maximum atomic E-state index is 5.63. The first-order valence-corrected chi connectivity index (χ1v) is 7.54. The van der Waals surface area contributed by atoms with Gasteiger partial charge in [0.25, 0.3) is 0 Å². The summed E-state index contributed by atoms with van der Waals surface area (Å²) in [6.45, 7) is 8.13. The van der Waals surface area contributed by atoms with Crippen molar-refractivity contribution in [3.63, 3.8) is 0 Å². The number of nitrogens with zero attached hydrogens (tertiary/aromatic N) is 1. The monoisotopic (exact) mass is 288 g/mol. The van der Waals surface area contributed by atoms with Crippen molar-refractivity contribution < 1.29 is 9.47 Å². The molecule has 1 aromatic carbocycles. The van der Waals surface area contributed by atoms with Crippen LogP contribution in [0.5, 0.6) is 0 Å². The van der Waals surface area contributed by atoms with Crippen LogP contribution in [-0.4, -0.2) is 30.5 Å². The van der Waals surface area contributed by atoms with E-state index in [0.29, 0.717) is 13.2 Å². The number of nitrogens with one attached hydrogen (secondary N) is 1. The minimum Gasteiger partial charge on any atom is -0.351 e. The minimum atomic E-state index is -0.211. The zero-order chi connectivity index (χ0) is 15.1. The molecule has 0 radical (unpaired) electrons. The van der Waals surface area contributed by atoms with Crippen LogP contribution in [0.15, 0.2) is 36.7 Å². The lowest BCUT2D eigenvalue weighted by molar-refractivity contribution is -0.151. The van der Waals surface area contributed by atoms with Gasteiger partial charge in [-0.05, 0) is 37.8 Å². The van der Waals surface area contributed by atoms with Crippen molar-refractivity contribution in [2.24, 2.45) is 0 Å². The zero-order valence-electron chi connectivity index (χ0n) is 13.0. The van der Waals surface area contributed by atoms with E-state index in [9.17, 15) is 0 Å². The van der Waals surface area contributed by atoms with Crippen LogP contribution >= 0.6 is 0 Å². The van der Waals surface area contributed by atoms with Crippen LogP contribution in [0, 0.1) is 0 Å². The van der Waals surface area contributed by atoms with Crippen LogP contribution in [0.2, 0.25) is 0 Å². The first-order chi connectivity index (χ1) is 10.3. The molecule has 0 amide bonds. The zero-order valence-corrected chi connectivity index (χ0v) is 13.0. The molecule has 0 saturated carbocycles. The molecule has 0 fully saturated rings. The van der Waals surface area contributed by atoms with Gasteiger partial charge >= 0.3 is 0 Å². The van der Waals surface area contributed by atoms with Gasteiger partial charge in [-0.25, -0.2) is 0 Å². The molecule has 2 aromatic rings. The Labute approximate surface area is 126 Å². The molecule has 2 rings (SSSR count). The molecule has 0 saturated heterocycles. The molecule has 1 heterocycles. The lowest BCUT2D eigenvalue weighted by atomic mass is 10.1. The molecule has 1 aromatic heterocycles. The fraction of sp³-hybridized carbons (Fsp3) is 0.471. The second-order valence-corrected chi connectivity index (χ2v) is 4.96. The third-order valence-electron chi connectivity index (χ3n) is 3.46. The van der Waals surface area contributed by atoms with Crippen LogP contribution in [0.3, 0.4) is 0 Å². The normalized spacial score (nSPS) is 13.0. The summed E-state index contributed by atoms with van der Waals surface area (Å²) in [6.07, 6.45) is 3.51. The van der Waals surface area contributed by atoms with Crippen molar-refractivity contribution in [2.45, 2.75) is 39.6 Å². The number of aromatic nitrogens is 1. The highest BCUT2D eigenvalue weighted by atomic mass is 16.7. The van der Waals surface area contributed by atoms with Gasteiger partial charge in [0.05, 0.1) is 6.04 Å². The largest absolute Gasteiger partial charge is 0.351 e. The van der Waals surface area contributed by atoms with E-state index in [1.165, 1.54) is 10.9 Å². The minimum absolute atomic E-state index is 0.127. The standard InChI is InChI=1S/C17H24N2O2/c1-4-20-17(21-5-2)13(3)19-12-15-8-6-7-14-11-18-10-9-16(14)15/h6-11,13,17,19H,4-5,12H2,1-3H3. The maximum absolute atomic E-state index is 5.63. The van der Waals surface area contributed by atoms with Gasteiger partial charge in [-0.15, -0.1) is 0 Å². The van der Waals surface area contributed by atoms with Crippen LogP contribution in [0.1, 0.15) is 26.3 Å². The van der Waals surface area contributed by atoms with Gasteiger partial charge in [0.1, 0.15) is 0 Å². The second-order valence-electron chi connectivity index (χ2n) is 4.96. The fourth-order valence-corrected chi connectivity index (χ4v) is 2.38. The predicted molar refractivity (Wildman–Crippen MR) is 85.1 cm³/mol. The molecule has 21 heavy (non-hydrogen) atoms. The van der Waals surface area contributed by atoms with E-state index in [0.717, 1.165) is 11.9 Å². The van der Waals surface area contributed by atoms with E-state index in [2.05, 4.69) is 41.5 Å². The molecule has 0 aliphatic heterocycles. The lowest BCUT2D eigenvalue weighted by Gasteiger charge is -2.24. The molecular weight excluding hydrogens is 264 g/mol. The fourth-order valence-electron chi connectivity index (χ4n) is 2.38. The molecule has 4 nitrogen and oxygen atoms in total. The lowest BCUT2D eigenvalue weighted by Crippen LogP contribution is -2.40. The van der Waals surface area contributed by atoms with E-state index in [1.807, 2.05) is 26.2 Å². The van der Waals surface area contributed by atoms with Crippen molar-refractivity contribution in [3.8, 4) is 0 Å². The summed E-state index contributed by atoms with van der Waals surface area (Å²) in [6, 6.07) is 8.46. The molecule has 0 spiro atoms. The molecule has 1 unspecified atom stereocenters. The Morgan fingerprint density at radius 1 is 1.14 bits per heavy atom. The van der Waals surface area contributed by atoms with Crippen LogP contribution in [-0.2, 0) is 16.0 Å². The van der Waals surface area contributed by atoms with Gasteiger partial charge in [0, 0.05) is 37.5 Å². The average Bonchev–Trinajstić information content (AvgIpc) is 2.52. The maximum Gasteiger partial charge on any atom is 0.172 e. The Morgan fingerprint density at radius 3 is 2.62 bits per heavy atom. The highest BCUT2D eigenvalue weighted by Crippen LogP contribution is 2.17. The molecule has 0 aliphatic rings. The van der Waals surface area contributed by atoms with Crippen LogP contribution < -0.4 is 5.32 Å². The van der Waals surface area contributed by atoms with Gasteiger partial charge in [-0.3, -0.25) is 4.98 Å². The first kappa shape index (κ1) is 15.9. The van der Waals surface area contributed by atoms with E-state index in [-0.39, 0.29) is 12.3 Å². The predicted octanol–water partition coefficient (Wildman–Crippen LogP) is 3.11. The molecule has 0 bridgehead atoms. The van der Waals surface area contributed by atoms with Crippen molar-refractivity contribution in [1.29, 1.82) is 0 Å². The second kappa shape index (κ2) is 8.08. The Balaban J connectivity index is 2.03. The summed E-state index contributed by atoms with van der Waals surface area (Å²) in [5.74, 6) is 0. The Hall–Kier alpha value is -1.49. The topological polar surface area (TPSA) is 43.4 Å². The number of hydrogen-bond donors (Lipinski definition) is 1. The summed E-state index contributed by atoms with van der Waals surface area (Å²) in [7, 11) is 0. The Kier molecular flexibility index (Phi) is 6.11. The summed E-state index contributed by atoms with van der Waals surface area (Å²) in [5, 5.41) is 5.89. The van der Waals surface area contributed by atoms with Crippen molar-refractivity contribution >= 4 is 10.8 Å². The van der Waals surface area contributed by atoms with Crippen LogP contribution in [0.25, 0.3) is 10.8 Å². The van der Waals surface area contributed by atoms with Gasteiger partial charge in [-0.2, -0.15) is 0 Å². The van der Waals surface area contributed by atoms with Crippen molar-refractivity contribution in [2.75, 3.05) is 13.2 Å². The summed E-state index contributed by atoms with van der Waals surface area (Å²) in [4.78, 5) is 4.17. The number of benzene rings is 1. The van der Waals surface area contributed by atoms with Gasteiger partial charge in [-0.1, -0.05) is 18.2 Å². The molecule has 114 valence electrons. The number of hydrogen-bond acceptors (Lipinski definition) is 4. The van der Waals surface area contributed by atoms with Crippen molar-refractivity contribution in [1.82, 2.24) is 10.3 Å². The summed E-state index contributed by atoms with van der Waals surface area (Å²) < 4.78 is 11.3. The molecule has 1 N–H and O–H groups in total. The summed E-state index contributed by atoms with van der Waals surface area (Å²) >= 11 is 0. The van der Waals surface area contributed by atoms with Crippen molar-refractivity contribution in [3.05, 3.63) is 42.2 Å². The smallest absolute Gasteiger partial charge is 0.172 e. The highest BCUT2D eigenvalue weighted by Gasteiger charge is 2.17. The first-order valence-electron chi connectivity index (χ1n) is 7.54. The third kappa shape index (κ3) is 4.24. The highest BCUT2D eigenvalue weighted by molar-refractivity contribution is 5.84. The summed E-state index contributed by atoms with van der Waals surface area (Å²) in [5.41, 5.74) is 1.26. The number of rotatable bonds is 8. The number of pyridine rings is 1. The van der Waals surface area contributed by atoms with E-state index in [4.69, 9.17) is 9.47 Å². The third-order valence-corrected chi connectivity index (χ3v) is 3.46. The Morgan fingerprint density at radius 2 is 1.90 bits per heavy atom. The van der Waals surface area contributed by atoms with E-state index in [1.54, 1.807) is 0 Å². The van der Waals surface area contributed by atoms with Gasteiger partial charge in [0.15, 0.2) is 6.29 Å². The molecule has 4 heteroatoms. The van der Waals surface area contributed by atoms with Crippen LogP contribution in [0.4, 0.5) is 0 Å². The SMILES string of the molecule is CCOC(OCC)C(C)NCc1cccc2cnccc12. The average molecular weight is 288 g/mol. The van der Waals surface area contributed by atoms with E-state index >= 15 is 0 Å². The van der Waals surface area contributed by atoms with E-state index < -0.39 is 0 Å². The van der Waals surface area contributed by atoms with Gasteiger partial charge < -0.3 is 14.8 Å². The van der Waals surface area contributed by atoms with Gasteiger partial charge in [0.2, 0.25) is 0 Å². The molecule has 0 aliphatic carbocycles. The number of ether oxygens (including phenoxy) is 2. The molecule has 1 atom stereocenters. The quantitative estimate of drug-likeness (QED) is 0.758. The Bertz CT molecular complexity index is 548.